The summed E-state index contributed by atoms with van der Waals surface area (Å²) in [4.78, 5) is 18.1. The van der Waals surface area contributed by atoms with Gasteiger partial charge >= 0.3 is 6.18 Å². The minimum absolute atomic E-state index is 0.113. The van der Waals surface area contributed by atoms with Crippen molar-refractivity contribution in [3.05, 3.63) is 54.1 Å². The Labute approximate surface area is 173 Å². The van der Waals surface area contributed by atoms with Crippen LogP contribution in [0.15, 0.2) is 36.9 Å². The highest BCUT2D eigenvalue weighted by Crippen LogP contribution is 2.34. The third kappa shape index (κ3) is 3.71. The summed E-state index contributed by atoms with van der Waals surface area (Å²) in [6.45, 7) is 1.46. The molecule has 160 valence electrons. The molecule has 1 fully saturated rings. The molecule has 4 heterocycles. The molecule has 11 heteroatoms. The first kappa shape index (κ1) is 19.5. The highest BCUT2D eigenvalue weighted by molar-refractivity contribution is 5.86. The average Bonchev–Trinajstić information content (AvgIpc) is 3.42. The van der Waals surface area contributed by atoms with Gasteiger partial charge in [-0.25, -0.2) is 19.3 Å². The fraction of sp³-hybridized carbons (Fsp3) is 0.300. The Morgan fingerprint density at radius 2 is 1.81 bits per heavy atom. The molecule has 31 heavy (non-hydrogen) atoms. The summed E-state index contributed by atoms with van der Waals surface area (Å²) in [6, 6.07) is 2.48. The van der Waals surface area contributed by atoms with Gasteiger partial charge in [0.15, 0.2) is 5.65 Å². The molecule has 0 bridgehead atoms. The molecular weight excluding hydrogens is 414 g/mol. The molecule has 0 unspecified atom stereocenters. The number of hydrogen-bond acceptors (Lipinski definition) is 5. The number of aromatic amines is 2. The van der Waals surface area contributed by atoms with Crippen LogP contribution in [0.4, 0.5) is 23.4 Å². The van der Waals surface area contributed by atoms with Crippen LogP contribution in [0.5, 0.6) is 0 Å². The van der Waals surface area contributed by atoms with Gasteiger partial charge in [-0.05, 0) is 31.0 Å². The van der Waals surface area contributed by atoms with Gasteiger partial charge in [-0.2, -0.15) is 18.3 Å². The summed E-state index contributed by atoms with van der Waals surface area (Å²) < 4.78 is 52.7. The van der Waals surface area contributed by atoms with Crippen molar-refractivity contribution in [3.63, 3.8) is 0 Å². The second-order valence-corrected chi connectivity index (χ2v) is 7.50. The van der Waals surface area contributed by atoms with E-state index < -0.39 is 17.6 Å². The number of halogens is 4. The van der Waals surface area contributed by atoms with Crippen molar-refractivity contribution in [2.24, 2.45) is 0 Å². The topological polar surface area (TPSA) is 86.4 Å². The van der Waals surface area contributed by atoms with E-state index in [4.69, 9.17) is 0 Å². The Morgan fingerprint density at radius 1 is 1.00 bits per heavy atom. The average molecular weight is 431 g/mol. The second kappa shape index (κ2) is 7.33. The summed E-state index contributed by atoms with van der Waals surface area (Å²) in [6.07, 6.45) is 1.60. The zero-order valence-electron chi connectivity index (χ0n) is 16.1. The number of aromatic nitrogens is 6. The number of imidazole rings is 1. The third-order valence-corrected chi connectivity index (χ3v) is 5.54. The number of benzene rings is 1. The van der Waals surface area contributed by atoms with Crippen molar-refractivity contribution in [2.45, 2.75) is 24.9 Å². The van der Waals surface area contributed by atoms with Gasteiger partial charge < -0.3 is 9.88 Å². The quantitative estimate of drug-likeness (QED) is 0.473. The number of rotatable bonds is 3. The van der Waals surface area contributed by atoms with Crippen LogP contribution >= 0.6 is 0 Å². The number of nitrogens with one attached hydrogen (secondary N) is 2. The predicted octanol–water partition coefficient (Wildman–Crippen LogP) is 4.28. The van der Waals surface area contributed by atoms with Gasteiger partial charge in [0.2, 0.25) is 0 Å². The van der Waals surface area contributed by atoms with E-state index in [1.165, 1.54) is 12.5 Å². The molecule has 2 N–H and O–H groups in total. The number of anilines is 1. The van der Waals surface area contributed by atoms with Gasteiger partial charge in [0.1, 0.15) is 23.8 Å². The summed E-state index contributed by atoms with van der Waals surface area (Å²) in [5.41, 5.74) is 0.128. The molecule has 1 aromatic carbocycles. The number of H-pyrrole nitrogens is 2. The Morgan fingerprint density at radius 3 is 2.58 bits per heavy atom. The molecule has 3 aromatic heterocycles. The van der Waals surface area contributed by atoms with Crippen LogP contribution in [0.1, 0.15) is 30.1 Å². The molecule has 0 amide bonds. The third-order valence-electron chi connectivity index (χ3n) is 5.54. The number of piperidine rings is 1. The van der Waals surface area contributed by atoms with E-state index in [1.54, 1.807) is 6.20 Å². The Kier molecular flexibility index (Phi) is 4.60. The van der Waals surface area contributed by atoms with Crippen LogP contribution in [0.2, 0.25) is 0 Å². The SMILES string of the molecule is Fc1cc(-c2cnc(C3CCN(c4ncnc5[nH]ncc45)CC3)[nH]2)cc(C(F)(F)F)c1. The molecule has 4 aromatic rings. The lowest BCUT2D eigenvalue weighted by atomic mass is 9.96. The molecule has 1 aliphatic heterocycles. The highest BCUT2D eigenvalue weighted by atomic mass is 19.4. The van der Waals surface area contributed by atoms with Gasteiger partial charge in [-0.3, -0.25) is 5.10 Å². The Bertz CT molecular complexity index is 1220. The van der Waals surface area contributed by atoms with Crippen LogP contribution in [-0.4, -0.2) is 43.2 Å². The van der Waals surface area contributed by atoms with Crippen molar-refractivity contribution in [2.75, 3.05) is 18.0 Å². The molecule has 0 radical (unpaired) electrons. The van der Waals surface area contributed by atoms with E-state index in [1.807, 2.05) is 0 Å². The Balaban J connectivity index is 1.33. The van der Waals surface area contributed by atoms with Crippen LogP contribution in [0.25, 0.3) is 22.3 Å². The molecule has 0 saturated carbocycles. The summed E-state index contributed by atoms with van der Waals surface area (Å²) in [7, 11) is 0. The van der Waals surface area contributed by atoms with Crippen molar-refractivity contribution >= 4 is 16.9 Å². The molecule has 7 nitrogen and oxygen atoms in total. The van der Waals surface area contributed by atoms with Crippen LogP contribution < -0.4 is 4.90 Å². The summed E-state index contributed by atoms with van der Waals surface area (Å²) in [5, 5.41) is 7.70. The zero-order chi connectivity index (χ0) is 21.6. The van der Waals surface area contributed by atoms with E-state index in [9.17, 15) is 17.6 Å². The van der Waals surface area contributed by atoms with Crippen LogP contribution in [-0.2, 0) is 6.18 Å². The number of hydrogen-bond donors (Lipinski definition) is 2. The molecule has 0 atom stereocenters. The summed E-state index contributed by atoms with van der Waals surface area (Å²) >= 11 is 0. The van der Waals surface area contributed by atoms with Gasteiger partial charge in [0, 0.05) is 24.6 Å². The van der Waals surface area contributed by atoms with Crippen molar-refractivity contribution in [1.29, 1.82) is 0 Å². The standard InChI is InChI=1S/C20H17F4N7/c21-14-6-12(5-13(7-14)20(22,23)24)16-9-25-17(29-16)11-1-3-31(4-2-11)19-15-8-28-30-18(15)26-10-27-19/h5-11H,1-4H2,(H,25,29)(H,26,27,28,30). The van der Waals surface area contributed by atoms with Crippen molar-refractivity contribution in [3.8, 4) is 11.3 Å². The lowest BCUT2D eigenvalue weighted by Gasteiger charge is -2.32. The maximum absolute atomic E-state index is 13.7. The normalized spacial score (nSPS) is 15.7. The van der Waals surface area contributed by atoms with Crippen LogP contribution in [0.3, 0.4) is 0 Å². The van der Waals surface area contributed by atoms with Gasteiger partial charge in [0.25, 0.3) is 0 Å². The molecular formula is C20H17F4N7. The van der Waals surface area contributed by atoms with E-state index in [0.29, 0.717) is 23.2 Å². The minimum atomic E-state index is -4.62. The largest absolute Gasteiger partial charge is 0.416 e. The smallest absolute Gasteiger partial charge is 0.356 e. The first-order valence-corrected chi connectivity index (χ1v) is 9.70. The van der Waals surface area contributed by atoms with Crippen molar-refractivity contribution < 1.29 is 17.6 Å². The zero-order valence-corrected chi connectivity index (χ0v) is 16.1. The van der Waals surface area contributed by atoms with Gasteiger partial charge in [-0.1, -0.05) is 0 Å². The maximum atomic E-state index is 13.7. The van der Waals surface area contributed by atoms with E-state index in [2.05, 4.69) is 35.0 Å². The molecule has 1 aliphatic rings. The fourth-order valence-electron chi connectivity index (χ4n) is 3.97. The lowest BCUT2D eigenvalue weighted by Crippen LogP contribution is -2.33. The summed E-state index contributed by atoms with van der Waals surface area (Å²) in [5.74, 6) is 0.674. The van der Waals surface area contributed by atoms with E-state index >= 15 is 0 Å². The highest BCUT2D eigenvalue weighted by Gasteiger charge is 2.32. The first-order valence-electron chi connectivity index (χ1n) is 9.70. The van der Waals surface area contributed by atoms with Gasteiger partial charge in [-0.15, -0.1) is 0 Å². The number of alkyl halides is 3. The first-order chi connectivity index (χ1) is 14.9. The number of nitrogens with zero attached hydrogens (tertiary/aromatic N) is 5. The fourth-order valence-corrected chi connectivity index (χ4v) is 3.97. The Hall–Kier alpha value is -3.50. The number of fused-ring (bicyclic) bond motifs is 1. The second-order valence-electron chi connectivity index (χ2n) is 7.50. The minimum Gasteiger partial charge on any atom is -0.356 e. The van der Waals surface area contributed by atoms with Gasteiger partial charge in [0.05, 0.1) is 29.0 Å². The van der Waals surface area contributed by atoms with E-state index in [-0.39, 0.29) is 11.5 Å². The van der Waals surface area contributed by atoms with E-state index in [0.717, 1.165) is 49.3 Å². The van der Waals surface area contributed by atoms with Crippen molar-refractivity contribution in [1.82, 2.24) is 30.1 Å². The monoisotopic (exact) mass is 431 g/mol. The van der Waals surface area contributed by atoms with Crippen LogP contribution in [0, 0.1) is 5.82 Å². The maximum Gasteiger partial charge on any atom is 0.416 e. The molecule has 1 saturated heterocycles. The molecule has 5 rings (SSSR count). The lowest BCUT2D eigenvalue weighted by molar-refractivity contribution is -0.137. The molecule has 0 aliphatic carbocycles. The molecule has 0 spiro atoms. The predicted molar refractivity (Wildman–Crippen MR) is 105 cm³/mol.